The van der Waals surface area contributed by atoms with Crippen molar-refractivity contribution in [1.82, 2.24) is 0 Å². The normalized spacial score (nSPS) is 17.5. The Morgan fingerprint density at radius 1 is 1.19 bits per heavy atom. The van der Waals surface area contributed by atoms with Gasteiger partial charge in [0, 0.05) is 11.6 Å². The number of carbonyl (C=O) groups is 1. The summed E-state index contributed by atoms with van der Waals surface area (Å²) in [4.78, 5) is 12.6. The van der Waals surface area contributed by atoms with Crippen molar-refractivity contribution in [2.75, 3.05) is 17.7 Å². The third kappa shape index (κ3) is 3.80. The molecular weight excluding hydrogens is 352 g/mol. The summed E-state index contributed by atoms with van der Waals surface area (Å²) in [6, 6.07) is 13.2. The first-order valence-electron chi connectivity index (χ1n) is 8.50. The minimum Gasteiger partial charge on any atom is -0.395 e. The van der Waals surface area contributed by atoms with Crippen LogP contribution in [0.5, 0.6) is 0 Å². The Morgan fingerprint density at radius 3 is 2.58 bits per heavy atom. The molecule has 0 radical (unpaired) electrons. The van der Waals surface area contributed by atoms with E-state index >= 15 is 0 Å². The van der Waals surface area contributed by atoms with Crippen LogP contribution >= 0.6 is 0 Å². The Morgan fingerprint density at radius 2 is 1.88 bits per heavy atom. The summed E-state index contributed by atoms with van der Waals surface area (Å²) in [6.07, 6.45) is 1.76. The third-order valence-corrected chi connectivity index (χ3v) is 6.47. The van der Waals surface area contributed by atoms with Crippen LogP contribution in [-0.4, -0.2) is 37.8 Å². The molecule has 7 heteroatoms. The molecular formula is C19H22N2O4S. The second-order valence-electron chi connectivity index (χ2n) is 6.43. The van der Waals surface area contributed by atoms with Gasteiger partial charge >= 0.3 is 0 Å². The summed E-state index contributed by atoms with van der Waals surface area (Å²) >= 11 is 0. The number of carbonyl (C=O) groups excluding carboxylic acids is 1. The number of nitrogens with one attached hydrogen (secondary N) is 1. The third-order valence-electron chi connectivity index (χ3n) is 4.76. The van der Waals surface area contributed by atoms with Crippen LogP contribution in [0.4, 0.5) is 5.69 Å². The van der Waals surface area contributed by atoms with Crippen molar-refractivity contribution in [3.8, 4) is 0 Å². The van der Waals surface area contributed by atoms with Crippen molar-refractivity contribution in [2.45, 2.75) is 29.7 Å². The maximum Gasteiger partial charge on any atom is 0.241 e. The molecule has 6 nitrogen and oxygen atoms in total. The van der Waals surface area contributed by atoms with E-state index in [1.165, 1.54) is 29.8 Å². The van der Waals surface area contributed by atoms with E-state index in [9.17, 15) is 13.2 Å². The molecule has 0 saturated heterocycles. The van der Waals surface area contributed by atoms with E-state index in [0.717, 1.165) is 18.4 Å². The number of hydrogen-bond acceptors (Lipinski definition) is 5. The maximum absolute atomic E-state index is 12.5. The largest absolute Gasteiger partial charge is 0.395 e. The summed E-state index contributed by atoms with van der Waals surface area (Å²) in [6.45, 7) is -0.432. The van der Waals surface area contributed by atoms with Gasteiger partial charge in [-0.15, -0.1) is 0 Å². The topological polar surface area (TPSA) is 109 Å². The zero-order valence-electron chi connectivity index (χ0n) is 14.3. The first-order chi connectivity index (χ1) is 12.4. The Balaban J connectivity index is 1.69. The molecule has 1 amide bonds. The van der Waals surface area contributed by atoms with E-state index in [0.29, 0.717) is 5.69 Å². The molecule has 0 fully saturated rings. The molecule has 0 aliphatic heterocycles. The van der Waals surface area contributed by atoms with Gasteiger partial charge in [0.05, 0.1) is 23.3 Å². The van der Waals surface area contributed by atoms with E-state index in [1.807, 2.05) is 18.2 Å². The molecule has 2 aromatic carbocycles. The van der Waals surface area contributed by atoms with Crippen LogP contribution in [0.25, 0.3) is 0 Å². The van der Waals surface area contributed by atoms with Crippen molar-refractivity contribution in [3.63, 3.8) is 0 Å². The molecule has 26 heavy (non-hydrogen) atoms. The molecule has 3 rings (SSSR count). The molecule has 2 unspecified atom stereocenters. The Labute approximate surface area is 153 Å². The highest BCUT2D eigenvalue weighted by Gasteiger charge is 2.31. The minimum absolute atomic E-state index is 0.0181. The summed E-state index contributed by atoms with van der Waals surface area (Å²) in [5.74, 6) is -0.641. The Bertz CT molecular complexity index is 894. The van der Waals surface area contributed by atoms with Gasteiger partial charge in [-0.1, -0.05) is 24.3 Å². The van der Waals surface area contributed by atoms with Gasteiger partial charge in [-0.2, -0.15) is 0 Å². The Hall–Kier alpha value is -2.22. The van der Waals surface area contributed by atoms with Crippen LogP contribution in [0.15, 0.2) is 53.4 Å². The molecule has 4 N–H and O–H groups in total. The van der Waals surface area contributed by atoms with Gasteiger partial charge in [-0.3, -0.25) is 4.79 Å². The fraction of sp³-hybridized carbons (Fsp3) is 0.316. The van der Waals surface area contributed by atoms with Gasteiger partial charge in [0.15, 0.2) is 9.84 Å². The average molecular weight is 374 g/mol. The number of nitrogens with two attached hydrogens (primary N) is 1. The molecule has 0 heterocycles. The van der Waals surface area contributed by atoms with E-state index in [2.05, 4.69) is 11.4 Å². The highest BCUT2D eigenvalue weighted by Crippen LogP contribution is 2.35. The zero-order chi connectivity index (χ0) is 18.7. The van der Waals surface area contributed by atoms with Crippen LogP contribution < -0.4 is 11.1 Å². The lowest BCUT2D eigenvalue weighted by Gasteiger charge is -2.20. The SMILES string of the molecule is NC(C(=O)Nc1ccc(S(=O)(=O)CCO)cc1)C1CCc2ccccc21. The first-order valence-corrected chi connectivity index (χ1v) is 10.2. The minimum atomic E-state index is -3.51. The summed E-state index contributed by atoms with van der Waals surface area (Å²) in [7, 11) is -3.51. The molecule has 138 valence electrons. The van der Waals surface area contributed by atoms with Crippen LogP contribution in [0.1, 0.15) is 23.5 Å². The van der Waals surface area contributed by atoms with Crippen molar-refractivity contribution >= 4 is 21.4 Å². The van der Waals surface area contributed by atoms with Gasteiger partial charge in [-0.25, -0.2) is 8.42 Å². The van der Waals surface area contributed by atoms with Crippen molar-refractivity contribution in [2.24, 2.45) is 5.73 Å². The van der Waals surface area contributed by atoms with E-state index in [1.54, 1.807) is 0 Å². The monoisotopic (exact) mass is 374 g/mol. The molecule has 2 atom stereocenters. The molecule has 1 aliphatic carbocycles. The van der Waals surface area contributed by atoms with Crippen LogP contribution in [0.2, 0.25) is 0 Å². The van der Waals surface area contributed by atoms with E-state index in [4.69, 9.17) is 10.8 Å². The predicted molar refractivity (Wildman–Crippen MR) is 99.7 cm³/mol. The van der Waals surface area contributed by atoms with Gasteiger partial charge < -0.3 is 16.2 Å². The van der Waals surface area contributed by atoms with E-state index in [-0.39, 0.29) is 22.5 Å². The quantitative estimate of drug-likeness (QED) is 0.709. The molecule has 0 saturated carbocycles. The molecule has 0 aromatic heterocycles. The number of hydrogen-bond donors (Lipinski definition) is 3. The highest BCUT2D eigenvalue weighted by atomic mass is 32.2. The second kappa shape index (κ2) is 7.57. The molecule has 0 spiro atoms. The lowest BCUT2D eigenvalue weighted by molar-refractivity contribution is -0.117. The van der Waals surface area contributed by atoms with Gasteiger partial charge in [0.25, 0.3) is 0 Å². The number of fused-ring (bicyclic) bond motifs is 1. The number of amides is 1. The molecule has 1 aliphatic rings. The lowest BCUT2D eigenvalue weighted by Crippen LogP contribution is -2.40. The summed E-state index contributed by atoms with van der Waals surface area (Å²) in [5.41, 5.74) is 9.03. The number of aryl methyl sites for hydroxylation is 1. The van der Waals surface area contributed by atoms with Crippen LogP contribution in [0, 0.1) is 0 Å². The second-order valence-corrected chi connectivity index (χ2v) is 8.54. The smallest absolute Gasteiger partial charge is 0.241 e. The van der Waals surface area contributed by atoms with E-state index < -0.39 is 22.5 Å². The number of aliphatic hydroxyl groups excluding tert-OH is 1. The number of benzene rings is 2. The standard InChI is InChI=1S/C19H22N2O4S/c20-18(17-10-5-13-3-1-2-4-16(13)17)19(23)21-14-6-8-15(9-7-14)26(24,25)12-11-22/h1-4,6-9,17-18,22H,5,10-12,20H2,(H,21,23). The Kier molecular flexibility index (Phi) is 5.41. The lowest BCUT2D eigenvalue weighted by atomic mass is 9.93. The fourth-order valence-electron chi connectivity index (χ4n) is 3.36. The first kappa shape index (κ1) is 18.6. The predicted octanol–water partition coefficient (Wildman–Crippen LogP) is 1.45. The van der Waals surface area contributed by atoms with Gasteiger partial charge in [0.1, 0.15) is 0 Å². The fourth-order valence-corrected chi connectivity index (χ4v) is 4.38. The number of rotatable bonds is 6. The van der Waals surface area contributed by atoms with Crippen LogP contribution in [-0.2, 0) is 21.1 Å². The van der Waals surface area contributed by atoms with Crippen molar-refractivity contribution < 1.29 is 18.3 Å². The number of anilines is 1. The van der Waals surface area contributed by atoms with Gasteiger partial charge in [0.2, 0.25) is 5.91 Å². The number of aliphatic hydroxyl groups is 1. The van der Waals surface area contributed by atoms with Crippen molar-refractivity contribution in [3.05, 3.63) is 59.7 Å². The van der Waals surface area contributed by atoms with Gasteiger partial charge in [-0.05, 0) is 48.2 Å². The van der Waals surface area contributed by atoms with Crippen molar-refractivity contribution in [1.29, 1.82) is 0 Å². The van der Waals surface area contributed by atoms with Crippen LogP contribution in [0.3, 0.4) is 0 Å². The zero-order valence-corrected chi connectivity index (χ0v) is 15.1. The molecule has 0 bridgehead atoms. The average Bonchev–Trinajstić information content (AvgIpc) is 3.05. The maximum atomic E-state index is 12.5. The number of sulfone groups is 1. The summed E-state index contributed by atoms with van der Waals surface area (Å²) in [5, 5.41) is 11.6. The highest BCUT2D eigenvalue weighted by molar-refractivity contribution is 7.91. The molecule has 2 aromatic rings. The summed E-state index contributed by atoms with van der Waals surface area (Å²) < 4.78 is 23.8.